The molecule has 0 amide bonds. The van der Waals surface area contributed by atoms with Crippen LogP contribution in [0.1, 0.15) is 106 Å². The zero-order chi connectivity index (χ0) is 51.6. The highest BCUT2D eigenvalue weighted by atomic mass is 19.1. The maximum absolute atomic E-state index is 14.7. The van der Waals surface area contributed by atoms with Crippen LogP contribution in [0.5, 0.6) is 23.0 Å². The average molecular weight is 979 g/mol. The molecule has 1 fully saturated rings. The molecule has 0 saturated heterocycles. The van der Waals surface area contributed by atoms with Gasteiger partial charge in [-0.1, -0.05) is 24.3 Å². The summed E-state index contributed by atoms with van der Waals surface area (Å²) in [5.41, 5.74) is 1.51. The molecule has 0 aliphatic heterocycles. The Morgan fingerprint density at radius 2 is 0.915 bits per heavy atom. The zero-order valence-corrected chi connectivity index (χ0v) is 41.9. The van der Waals surface area contributed by atoms with Crippen LogP contribution in [0.4, 0.5) is 40.3 Å². The highest BCUT2D eigenvalue weighted by Gasteiger charge is 2.26. The van der Waals surface area contributed by atoms with Gasteiger partial charge in [0.25, 0.3) is 0 Å². The largest absolute Gasteiger partial charge is 0.493 e. The molecule has 0 aromatic heterocycles. The van der Waals surface area contributed by atoms with Crippen molar-refractivity contribution in [2.75, 3.05) is 24.0 Å². The topological polar surface area (TPSA) is 96.0 Å². The molecule has 6 aromatic carbocycles. The van der Waals surface area contributed by atoms with Gasteiger partial charge in [0.2, 0.25) is 0 Å². The quantitative estimate of drug-likeness (QED) is 0.0689. The number of nitrogens with zero attached hydrogens (tertiary/aromatic N) is 2. The van der Waals surface area contributed by atoms with Gasteiger partial charge in [-0.15, -0.1) is 0 Å². The Morgan fingerprint density at radius 3 is 1.28 bits per heavy atom. The van der Waals surface area contributed by atoms with Crippen LogP contribution in [0, 0.1) is 23.3 Å². The summed E-state index contributed by atoms with van der Waals surface area (Å²) < 4.78 is 92.5. The van der Waals surface area contributed by atoms with Gasteiger partial charge in [-0.2, -0.15) is 0 Å². The van der Waals surface area contributed by atoms with Gasteiger partial charge >= 0.3 is 11.9 Å². The lowest BCUT2D eigenvalue weighted by Gasteiger charge is -2.30. The van der Waals surface area contributed by atoms with E-state index in [1.165, 1.54) is 36.4 Å². The molecule has 0 N–H and O–H groups in total. The number of hydrogen-bond acceptors (Lipinski definition) is 10. The molecule has 0 heterocycles. The summed E-state index contributed by atoms with van der Waals surface area (Å²) in [5, 5.41) is 0. The van der Waals surface area contributed by atoms with E-state index in [0.717, 1.165) is 19.3 Å². The number of ether oxygens (including phenoxy) is 6. The average Bonchev–Trinajstić information content (AvgIpc) is 3.29. The fourth-order valence-corrected chi connectivity index (χ4v) is 7.39. The molecular formula is C57H62F4N2O8. The van der Waals surface area contributed by atoms with E-state index < -0.39 is 46.4 Å². The molecule has 1 saturated carbocycles. The molecule has 0 atom stereocenters. The van der Waals surface area contributed by atoms with Crippen molar-refractivity contribution >= 4 is 34.7 Å². The minimum Gasteiger partial charge on any atom is -0.493 e. The van der Waals surface area contributed by atoms with Crippen molar-refractivity contribution in [3.05, 3.63) is 167 Å². The van der Waals surface area contributed by atoms with Crippen molar-refractivity contribution < 1.29 is 55.6 Å². The molecule has 71 heavy (non-hydrogen) atoms. The predicted octanol–water partition coefficient (Wildman–Crippen LogP) is 14.3. The van der Waals surface area contributed by atoms with Gasteiger partial charge in [-0.25, -0.2) is 27.2 Å². The minimum atomic E-state index is -0.665. The van der Waals surface area contributed by atoms with Gasteiger partial charge in [0.15, 0.2) is 23.0 Å². The Kier molecular flexibility index (Phi) is 17.3. The highest BCUT2D eigenvalue weighted by Crippen LogP contribution is 2.40. The molecule has 0 bridgehead atoms. The number of anilines is 4. The van der Waals surface area contributed by atoms with Crippen molar-refractivity contribution in [3.8, 4) is 23.0 Å². The van der Waals surface area contributed by atoms with E-state index in [2.05, 4.69) is 0 Å². The number of carbonyl (C=O) groups excluding carboxylic acids is 2. The summed E-state index contributed by atoms with van der Waals surface area (Å²) in [6.07, 6.45) is 3.04. The number of halogens is 4. The summed E-state index contributed by atoms with van der Waals surface area (Å²) >= 11 is 0. The van der Waals surface area contributed by atoms with Crippen LogP contribution in [0.25, 0.3) is 0 Å². The second-order valence-electron chi connectivity index (χ2n) is 19.2. The minimum absolute atomic E-state index is 0.0857. The molecule has 376 valence electrons. The van der Waals surface area contributed by atoms with Crippen molar-refractivity contribution in [3.63, 3.8) is 0 Å². The fraction of sp³-hybridized carbons (Fsp3) is 0.333. The number of hydrogen-bond donors (Lipinski definition) is 0. The van der Waals surface area contributed by atoms with E-state index in [1.54, 1.807) is 150 Å². The first-order valence-electron chi connectivity index (χ1n) is 23.4. The molecular weight excluding hydrogens is 917 g/mol. The van der Waals surface area contributed by atoms with Crippen molar-refractivity contribution in [2.45, 2.75) is 111 Å². The summed E-state index contributed by atoms with van der Waals surface area (Å²) in [4.78, 5) is 28.9. The number of benzene rings is 6. The predicted molar refractivity (Wildman–Crippen MR) is 268 cm³/mol. The molecule has 10 nitrogen and oxygen atoms in total. The number of methoxy groups -OCH3 is 2. The van der Waals surface area contributed by atoms with E-state index >= 15 is 0 Å². The van der Waals surface area contributed by atoms with Crippen LogP contribution in [-0.4, -0.2) is 49.6 Å². The Bertz CT molecular complexity index is 2760. The van der Waals surface area contributed by atoms with Crippen molar-refractivity contribution in [2.24, 2.45) is 0 Å². The first-order valence-corrected chi connectivity index (χ1v) is 23.4. The first-order chi connectivity index (χ1) is 33.6. The Morgan fingerprint density at radius 1 is 0.535 bits per heavy atom. The summed E-state index contributed by atoms with van der Waals surface area (Å²) in [5.74, 6) is -1.45. The normalized spacial score (nSPS) is 12.5. The Labute approximate surface area is 414 Å². The molecule has 1 aliphatic rings. The smallest absolute Gasteiger partial charge is 0.338 e. The van der Waals surface area contributed by atoms with Crippen LogP contribution in [0.15, 0.2) is 121 Å². The van der Waals surface area contributed by atoms with E-state index in [0.29, 0.717) is 56.9 Å². The van der Waals surface area contributed by atoms with Gasteiger partial charge in [0.1, 0.15) is 34.5 Å². The van der Waals surface area contributed by atoms with Gasteiger partial charge in [0, 0.05) is 46.0 Å². The molecule has 7 rings (SSSR count). The SMILES string of the molecule is COc1ccc(N(Cc2c(F)cccc2F)c2cccc(C(=O)OC(C)(C)C)c2)cc1OC(C)C.COc1ccc(N(Cc2c(F)cccc2F)c2cccc(C(=O)OC(C)(C)C)c2)cc1OC1CCC1. The van der Waals surface area contributed by atoms with E-state index in [4.69, 9.17) is 28.4 Å². The van der Waals surface area contributed by atoms with Gasteiger partial charge in [-0.05, 0) is 160 Å². The lowest BCUT2D eigenvalue weighted by Crippen LogP contribution is -2.25. The molecule has 0 radical (unpaired) electrons. The Balaban J connectivity index is 0.000000233. The summed E-state index contributed by atoms with van der Waals surface area (Å²) in [6.45, 7) is 14.3. The van der Waals surface area contributed by atoms with Crippen molar-refractivity contribution in [1.82, 2.24) is 0 Å². The molecule has 1 aliphatic carbocycles. The molecule has 14 heteroatoms. The maximum Gasteiger partial charge on any atom is 0.338 e. The first kappa shape index (κ1) is 53.1. The lowest BCUT2D eigenvalue weighted by molar-refractivity contribution is 0.00571. The van der Waals surface area contributed by atoms with Crippen LogP contribution in [-0.2, 0) is 22.6 Å². The van der Waals surface area contributed by atoms with Crippen LogP contribution in [0.3, 0.4) is 0 Å². The third-order valence-electron chi connectivity index (χ3n) is 11.0. The monoisotopic (exact) mass is 978 g/mol. The van der Waals surface area contributed by atoms with Gasteiger partial charge in [0.05, 0.1) is 50.6 Å². The third-order valence-corrected chi connectivity index (χ3v) is 11.0. The van der Waals surface area contributed by atoms with E-state index in [-0.39, 0.29) is 36.4 Å². The molecule has 0 spiro atoms. The fourth-order valence-electron chi connectivity index (χ4n) is 7.39. The maximum atomic E-state index is 14.7. The van der Waals surface area contributed by atoms with Gasteiger partial charge < -0.3 is 38.2 Å². The van der Waals surface area contributed by atoms with Crippen LogP contribution < -0.4 is 28.7 Å². The van der Waals surface area contributed by atoms with E-state index in [1.807, 2.05) is 13.8 Å². The summed E-state index contributed by atoms with van der Waals surface area (Å²) in [6, 6.07) is 31.7. The highest BCUT2D eigenvalue weighted by molar-refractivity contribution is 5.92. The van der Waals surface area contributed by atoms with Gasteiger partial charge in [-0.3, -0.25) is 0 Å². The number of carbonyl (C=O) groups is 2. The van der Waals surface area contributed by atoms with Crippen molar-refractivity contribution in [1.29, 1.82) is 0 Å². The molecule has 0 unspecified atom stereocenters. The number of esters is 2. The standard InChI is InChI=1S/C29H31F2NO4.C28H31F2NO4/c1-29(2,3)36-28(33)19-8-5-9-20(16-19)32(18-23-24(30)12-7-13-25(23)31)21-14-15-26(34-4)27(17-21)35-22-10-6-11-22;1-18(2)34-26-16-21(13-14-25(26)33-6)31(17-22-23(29)11-8-12-24(22)30)20-10-7-9-19(15-20)27(32)35-28(3,4)5/h5,7-9,12-17,22H,6,10-11,18H2,1-4H3;7-16,18H,17H2,1-6H3. The second kappa shape index (κ2) is 23.1. The molecule has 6 aromatic rings. The van der Waals surface area contributed by atoms with Crippen LogP contribution in [0.2, 0.25) is 0 Å². The number of rotatable bonds is 16. The Hall–Kier alpha value is -7.22. The zero-order valence-electron chi connectivity index (χ0n) is 41.9. The van der Waals surface area contributed by atoms with Crippen LogP contribution >= 0.6 is 0 Å². The lowest BCUT2D eigenvalue weighted by atomic mass is 9.96. The summed E-state index contributed by atoms with van der Waals surface area (Å²) in [7, 11) is 3.11. The third kappa shape index (κ3) is 14.4. The van der Waals surface area contributed by atoms with E-state index in [9.17, 15) is 27.2 Å². The second-order valence-corrected chi connectivity index (χ2v) is 19.2.